The van der Waals surface area contributed by atoms with E-state index in [1.54, 1.807) is 12.1 Å². The minimum Gasteiger partial charge on any atom is -0.354 e. The van der Waals surface area contributed by atoms with E-state index in [4.69, 9.17) is 0 Å². The Kier molecular flexibility index (Phi) is 10.2. The standard InChI is InChI=1S/C30H37N3O4S/c1-23(2)20-31-30(35)28(19-25-11-7-5-8-12-25)33(21-26-13-9-6-10-14-26)29(34)22-32(4)38(36,37)27-17-15-24(3)16-18-27/h5-18,23,28H,19-22H2,1-4H3,(H,31,35). The van der Waals surface area contributed by atoms with Gasteiger partial charge in [0.1, 0.15) is 6.04 Å². The largest absolute Gasteiger partial charge is 0.354 e. The Morgan fingerprint density at radius 3 is 1.95 bits per heavy atom. The Bertz CT molecular complexity index is 1290. The van der Waals surface area contributed by atoms with Gasteiger partial charge in [-0.05, 0) is 36.1 Å². The number of likely N-dealkylation sites (N-methyl/N-ethyl adjacent to an activating group) is 1. The van der Waals surface area contributed by atoms with Crippen LogP contribution < -0.4 is 5.32 Å². The number of benzene rings is 3. The first-order chi connectivity index (χ1) is 18.1. The third kappa shape index (κ3) is 8.00. The van der Waals surface area contributed by atoms with Crippen molar-refractivity contribution in [2.75, 3.05) is 20.1 Å². The lowest BCUT2D eigenvalue weighted by atomic mass is 10.0. The van der Waals surface area contributed by atoms with Gasteiger partial charge < -0.3 is 10.2 Å². The van der Waals surface area contributed by atoms with Gasteiger partial charge >= 0.3 is 0 Å². The van der Waals surface area contributed by atoms with Crippen LogP contribution in [-0.4, -0.2) is 55.6 Å². The average molecular weight is 536 g/mol. The maximum atomic E-state index is 13.8. The van der Waals surface area contributed by atoms with Crippen molar-refractivity contribution in [3.63, 3.8) is 0 Å². The van der Waals surface area contributed by atoms with Crippen molar-refractivity contribution >= 4 is 21.8 Å². The molecule has 1 N–H and O–H groups in total. The molecule has 0 bridgehead atoms. The zero-order chi connectivity index (χ0) is 27.7. The van der Waals surface area contributed by atoms with Crippen molar-refractivity contribution < 1.29 is 18.0 Å². The molecular formula is C30H37N3O4S. The molecule has 0 heterocycles. The lowest BCUT2D eigenvalue weighted by Gasteiger charge is -2.33. The van der Waals surface area contributed by atoms with Gasteiger partial charge in [-0.3, -0.25) is 9.59 Å². The van der Waals surface area contributed by atoms with E-state index in [2.05, 4.69) is 5.32 Å². The first-order valence-corrected chi connectivity index (χ1v) is 14.2. The predicted octanol–water partition coefficient (Wildman–Crippen LogP) is 4.03. The Labute approximate surface area is 226 Å². The fourth-order valence-electron chi connectivity index (χ4n) is 4.01. The topological polar surface area (TPSA) is 86.8 Å². The summed E-state index contributed by atoms with van der Waals surface area (Å²) in [5.41, 5.74) is 2.69. The smallest absolute Gasteiger partial charge is 0.243 e. The van der Waals surface area contributed by atoms with Gasteiger partial charge in [0, 0.05) is 26.6 Å². The highest BCUT2D eigenvalue weighted by Crippen LogP contribution is 2.18. The Morgan fingerprint density at radius 2 is 1.39 bits per heavy atom. The molecule has 0 radical (unpaired) electrons. The summed E-state index contributed by atoms with van der Waals surface area (Å²) in [4.78, 5) is 28.9. The van der Waals surface area contributed by atoms with Crippen LogP contribution in [0.5, 0.6) is 0 Å². The Morgan fingerprint density at radius 1 is 0.842 bits per heavy atom. The van der Waals surface area contributed by atoms with Crippen LogP contribution in [0, 0.1) is 12.8 Å². The predicted molar refractivity (Wildman–Crippen MR) is 150 cm³/mol. The number of rotatable bonds is 12. The number of hydrogen-bond donors (Lipinski definition) is 1. The van der Waals surface area contributed by atoms with Crippen molar-refractivity contribution in [1.29, 1.82) is 0 Å². The second-order valence-electron chi connectivity index (χ2n) is 9.93. The van der Waals surface area contributed by atoms with Crippen LogP contribution in [-0.2, 0) is 32.6 Å². The van der Waals surface area contributed by atoms with Crippen molar-refractivity contribution in [1.82, 2.24) is 14.5 Å². The van der Waals surface area contributed by atoms with E-state index in [-0.39, 0.29) is 23.3 Å². The number of nitrogens with one attached hydrogen (secondary N) is 1. The first-order valence-electron chi connectivity index (χ1n) is 12.8. The Balaban J connectivity index is 1.94. The molecule has 7 nitrogen and oxygen atoms in total. The minimum absolute atomic E-state index is 0.114. The molecule has 0 spiro atoms. The second kappa shape index (κ2) is 13.3. The molecular weight excluding hydrogens is 498 g/mol. The molecule has 3 rings (SSSR count). The fourth-order valence-corrected chi connectivity index (χ4v) is 5.13. The van der Waals surface area contributed by atoms with Crippen LogP contribution in [0.15, 0.2) is 89.8 Å². The number of hydrogen-bond acceptors (Lipinski definition) is 4. The van der Waals surface area contributed by atoms with Crippen LogP contribution in [0.4, 0.5) is 0 Å². The third-order valence-corrected chi connectivity index (χ3v) is 8.06. The van der Waals surface area contributed by atoms with E-state index < -0.39 is 28.5 Å². The molecule has 0 fully saturated rings. The normalized spacial score (nSPS) is 12.4. The molecule has 0 saturated carbocycles. The number of amides is 2. The molecule has 1 unspecified atom stereocenters. The SMILES string of the molecule is Cc1ccc(S(=O)(=O)N(C)CC(=O)N(Cc2ccccc2)C(Cc2ccccc2)C(=O)NCC(C)C)cc1. The van der Waals surface area contributed by atoms with E-state index in [9.17, 15) is 18.0 Å². The van der Waals surface area contributed by atoms with Gasteiger partial charge in [0.25, 0.3) is 0 Å². The average Bonchev–Trinajstić information content (AvgIpc) is 2.90. The molecule has 0 saturated heterocycles. The minimum atomic E-state index is -3.90. The molecule has 2 amide bonds. The molecule has 8 heteroatoms. The van der Waals surface area contributed by atoms with Gasteiger partial charge in [-0.25, -0.2) is 8.42 Å². The summed E-state index contributed by atoms with van der Waals surface area (Å²) in [6.45, 7) is 6.13. The highest BCUT2D eigenvalue weighted by atomic mass is 32.2. The van der Waals surface area contributed by atoms with Crippen molar-refractivity contribution in [2.24, 2.45) is 5.92 Å². The highest BCUT2D eigenvalue weighted by molar-refractivity contribution is 7.89. The number of sulfonamides is 1. The zero-order valence-electron chi connectivity index (χ0n) is 22.5. The number of nitrogens with zero attached hydrogens (tertiary/aromatic N) is 2. The summed E-state index contributed by atoms with van der Waals surface area (Å²) in [7, 11) is -2.51. The van der Waals surface area contributed by atoms with E-state index in [1.807, 2.05) is 81.4 Å². The fraction of sp³-hybridized carbons (Fsp3) is 0.333. The van der Waals surface area contributed by atoms with E-state index in [1.165, 1.54) is 24.1 Å². The second-order valence-corrected chi connectivity index (χ2v) is 12.0. The maximum absolute atomic E-state index is 13.8. The molecule has 1 atom stereocenters. The van der Waals surface area contributed by atoms with E-state index in [0.717, 1.165) is 21.0 Å². The summed E-state index contributed by atoms with van der Waals surface area (Å²) in [5.74, 6) is -0.482. The molecule has 38 heavy (non-hydrogen) atoms. The van der Waals surface area contributed by atoms with Crippen molar-refractivity contribution in [2.45, 2.75) is 44.7 Å². The third-order valence-electron chi connectivity index (χ3n) is 6.24. The van der Waals surface area contributed by atoms with Crippen LogP contribution >= 0.6 is 0 Å². The van der Waals surface area contributed by atoms with Crippen molar-refractivity contribution in [3.05, 3.63) is 102 Å². The highest BCUT2D eigenvalue weighted by Gasteiger charge is 2.33. The number of carbonyl (C=O) groups excluding carboxylic acids is 2. The van der Waals surface area contributed by atoms with Gasteiger partial charge in [0.05, 0.1) is 11.4 Å². The Hall–Kier alpha value is -3.49. The quantitative estimate of drug-likeness (QED) is 0.379. The van der Waals surface area contributed by atoms with Crippen LogP contribution in [0.1, 0.15) is 30.5 Å². The molecule has 0 aliphatic rings. The first kappa shape index (κ1) is 29.1. The summed E-state index contributed by atoms with van der Waals surface area (Å²) >= 11 is 0. The van der Waals surface area contributed by atoms with E-state index >= 15 is 0 Å². The van der Waals surface area contributed by atoms with Crippen molar-refractivity contribution in [3.8, 4) is 0 Å². The number of aryl methyl sites for hydroxylation is 1. The molecule has 202 valence electrons. The van der Waals surface area contributed by atoms with Gasteiger partial charge in [0.2, 0.25) is 21.8 Å². The molecule has 3 aromatic carbocycles. The monoisotopic (exact) mass is 535 g/mol. The molecule has 0 aliphatic carbocycles. The van der Waals surface area contributed by atoms with E-state index in [0.29, 0.717) is 13.0 Å². The maximum Gasteiger partial charge on any atom is 0.243 e. The molecule has 0 aliphatic heterocycles. The molecule has 0 aromatic heterocycles. The summed E-state index contributed by atoms with van der Waals surface area (Å²) in [6.07, 6.45) is 0.303. The summed E-state index contributed by atoms with van der Waals surface area (Å²) in [5, 5.41) is 2.97. The zero-order valence-corrected chi connectivity index (χ0v) is 23.3. The lowest BCUT2D eigenvalue weighted by Crippen LogP contribution is -2.53. The van der Waals surface area contributed by atoms with Crippen LogP contribution in [0.2, 0.25) is 0 Å². The molecule has 3 aromatic rings. The van der Waals surface area contributed by atoms with Gasteiger partial charge in [-0.2, -0.15) is 4.31 Å². The van der Waals surface area contributed by atoms with Gasteiger partial charge in [-0.1, -0.05) is 92.2 Å². The summed E-state index contributed by atoms with van der Waals surface area (Å²) in [6, 6.07) is 24.6. The lowest BCUT2D eigenvalue weighted by molar-refractivity contribution is -0.141. The van der Waals surface area contributed by atoms with Gasteiger partial charge in [-0.15, -0.1) is 0 Å². The van der Waals surface area contributed by atoms with Crippen LogP contribution in [0.25, 0.3) is 0 Å². The number of carbonyl (C=O) groups is 2. The summed E-state index contributed by atoms with van der Waals surface area (Å²) < 4.78 is 27.5. The van der Waals surface area contributed by atoms with Crippen LogP contribution in [0.3, 0.4) is 0 Å². The van der Waals surface area contributed by atoms with Gasteiger partial charge in [0.15, 0.2) is 0 Å².